The first-order chi connectivity index (χ1) is 14.5. The van der Waals surface area contributed by atoms with Crippen molar-refractivity contribution in [3.05, 3.63) is 42.5 Å². The molecule has 1 atom stereocenters. The topological polar surface area (TPSA) is 94.3 Å². The van der Waals surface area contributed by atoms with Gasteiger partial charge in [0.15, 0.2) is 6.10 Å². The van der Waals surface area contributed by atoms with E-state index in [-0.39, 0.29) is 18.4 Å². The first-order valence-electron chi connectivity index (χ1n) is 10.2. The highest BCUT2D eigenvalue weighted by Gasteiger charge is 2.29. The van der Waals surface area contributed by atoms with Crippen molar-refractivity contribution in [3.8, 4) is 0 Å². The summed E-state index contributed by atoms with van der Waals surface area (Å²) >= 11 is 0. The molecule has 0 saturated carbocycles. The molecule has 1 aliphatic rings. The highest BCUT2D eigenvalue weighted by molar-refractivity contribution is 5.96. The maximum Gasteiger partial charge on any atom is 0.255 e. The van der Waals surface area contributed by atoms with Crippen molar-refractivity contribution in [2.45, 2.75) is 39.5 Å². The van der Waals surface area contributed by atoms with Gasteiger partial charge in [-0.05, 0) is 38.1 Å². The lowest BCUT2D eigenvalue weighted by atomic mass is 10.2. The van der Waals surface area contributed by atoms with Crippen molar-refractivity contribution in [2.75, 3.05) is 25.0 Å². The van der Waals surface area contributed by atoms with Gasteiger partial charge in [-0.1, -0.05) is 0 Å². The van der Waals surface area contributed by atoms with Crippen molar-refractivity contribution in [1.29, 1.82) is 0 Å². The Hall–Kier alpha value is -3.20. The largest absolute Gasteiger partial charge is 0.365 e. The van der Waals surface area contributed by atoms with Gasteiger partial charge in [-0.2, -0.15) is 5.10 Å². The van der Waals surface area contributed by atoms with Gasteiger partial charge in [0.05, 0.1) is 36.2 Å². The van der Waals surface area contributed by atoms with Crippen LogP contribution in [0.25, 0.3) is 11.0 Å². The van der Waals surface area contributed by atoms with Gasteiger partial charge in [0, 0.05) is 37.9 Å². The van der Waals surface area contributed by atoms with Crippen LogP contribution in [0.2, 0.25) is 0 Å². The van der Waals surface area contributed by atoms with Gasteiger partial charge in [-0.3, -0.25) is 14.3 Å². The number of aryl methyl sites for hydroxylation is 3. The highest BCUT2D eigenvalue weighted by atomic mass is 16.5. The third kappa shape index (κ3) is 4.35. The van der Waals surface area contributed by atoms with Crippen LogP contribution in [0.4, 0.5) is 5.69 Å². The second-order valence-electron chi connectivity index (χ2n) is 7.39. The molecule has 158 valence electrons. The monoisotopic (exact) mass is 410 g/mol. The molecule has 0 bridgehead atoms. The van der Waals surface area contributed by atoms with E-state index in [0.29, 0.717) is 31.8 Å². The Balaban J connectivity index is 1.34. The number of ether oxygens (including phenoxy) is 1. The van der Waals surface area contributed by atoms with E-state index in [1.54, 1.807) is 15.9 Å². The van der Waals surface area contributed by atoms with Crippen molar-refractivity contribution < 1.29 is 14.3 Å². The fourth-order valence-electron chi connectivity index (χ4n) is 3.61. The summed E-state index contributed by atoms with van der Waals surface area (Å²) < 4.78 is 9.42. The number of carbonyl (C=O) groups excluding carboxylic acids is 2. The Bertz CT molecular complexity index is 1060. The molecule has 1 N–H and O–H groups in total. The molecule has 0 aliphatic carbocycles. The maximum atomic E-state index is 12.7. The first kappa shape index (κ1) is 20.1. The van der Waals surface area contributed by atoms with Gasteiger partial charge in [0.25, 0.3) is 5.91 Å². The molecule has 9 nitrogen and oxygen atoms in total. The SMILES string of the molecule is CCn1cnc2cc(NC(=O)C3CN(C(=O)CCn4ccc(C)n4)CCO3)ccc21. The van der Waals surface area contributed by atoms with Gasteiger partial charge in [0.1, 0.15) is 0 Å². The number of morpholine rings is 1. The quantitative estimate of drug-likeness (QED) is 0.669. The Kier molecular flexibility index (Phi) is 5.80. The average molecular weight is 410 g/mol. The van der Waals surface area contributed by atoms with Crippen LogP contribution < -0.4 is 5.32 Å². The molecule has 0 spiro atoms. The average Bonchev–Trinajstić information content (AvgIpc) is 3.37. The molecular formula is C21H26N6O3. The van der Waals surface area contributed by atoms with Crippen LogP contribution in [0.5, 0.6) is 0 Å². The van der Waals surface area contributed by atoms with Crippen LogP contribution >= 0.6 is 0 Å². The summed E-state index contributed by atoms with van der Waals surface area (Å²) in [6, 6.07) is 7.54. The number of hydrogen-bond donors (Lipinski definition) is 1. The minimum absolute atomic E-state index is 0.00391. The van der Waals surface area contributed by atoms with E-state index >= 15 is 0 Å². The van der Waals surface area contributed by atoms with E-state index in [1.165, 1.54) is 0 Å². The van der Waals surface area contributed by atoms with E-state index in [1.807, 2.05) is 42.0 Å². The van der Waals surface area contributed by atoms with Crippen molar-refractivity contribution in [1.82, 2.24) is 24.2 Å². The number of nitrogens with one attached hydrogen (secondary N) is 1. The summed E-state index contributed by atoms with van der Waals surface area (Å²) in [7, 11) is 0. The minimum Gasteiger partial charge on any atom is -0.365 e. The zero-order valence-electron chi connectivity index (χ0n) is 17.2. The molecule has 1 saturated heterocycles. The molecule has 1 aliphatic heterocycles. The Labute approximate surface area is 174 Å². The summed E-state index contributed by atoms with van der Waals surface area (Å²) in [5.41, 5.74) is 3.43. The number of hydrogen-bond acceptors (Lipinski definition) is 5. The lowest BCUT2D eigenvalue weighted by molar-refractivity contribution is -0.144. The molecule has 1 unspecified atom stereocenters. The minimum atomic E-state index is -0.696. The molecular weight excluding hydrogens is 384 g/mol. The number of amides is 2. The van der Waals surface area contributed by atoms with Crippen molar-refractivity contribution in [3.63, 3.8) is 0 Å². The van der Waals surface area contributed by atoms with Crippen LogP contribution in [0.1, 0.15) is 19.0 Å². The predicted octanol–water partition coefficient (Wildman–Crippen LogP) is 1.82. The molecule has 2 amide bonds. The van der Waals surface area contributed by atoms with E-state index in [2.05, 4.69) is 22.3 Å². The van der Waals surface area contributed by atoms with E-state index in [9.17, 15) is 9.59 Å². The van der Waals surface area contributed by atoms with E-state index < -0.39 is 6.10 Å². The number of nitrogens with zero attached hydrogens (tertiary/aromatic N) is 5. The number of rotatable bonds is 6. The zero-order chi connectivity index (χ0) is 21.1. The zero-order valence-corrected chi connectivity index (χ0v) is 17.2. The van der Waals surface area contributed by atoms with Gasteiger partial charge in [-0.25, -0.2) is 4.98 Å². The third-order valence-electron chi connectivity index (χ3n) is 5.27. The maximum absolute atomic E-state index is 12.7. The molecule has 30 heavy (non-hydrogen) atoms. The molecule has 3 aromatic rings. The molecule has 4 rings (SSSR count). The number of imidazole rings is 1. The normalized spacial score (nSPS) is 16.7. The van der Waals surface area contributed by atoms with Gasteiger partial charge in [0.2, 0.25) is 5.91 Å². The first-order valence-corrected chi connectivity index (χ1v) is 10.2. The van der Waals surface area contributed by atoms with E-state index in [0.717, 1.165) is 23.3 Å². The fraction of sp³-hybridized carbons (Fsp3) is 0.429. The number of anilines is 1. The van der Waals surface area contributed by atoms with Crippen LogP contribution in [-0.2, 0) is 27.4 Å². The van der Waals surface area contributed by atoms with Gasteiger partial charge < -0.3 is 19.5 Å². The summed E-state index contributed by atoms with van der Waals surface area (Å²) in [6.07, 6.45) is 3.29. The number of benzene rings is 1. The molecule has 3 heterocycles. The predicted molar refractivity (Wildman–Crippen MR) is 112 cm³/mol. The molecule has 1 aromatic carbocycles. The Morgan fingerprint density at radius 1 is 1.30 bits per heavy atom. The van der Waals surface area contributed by atoms with Crippen LogP contribution in [0.3, 0.4) is 0 Å². The molecule has 2 aromatic heterocycles. The second-order valence-corrected chi connectivity index (χ2v) is 7.39. The van der Waals surface area contributed by atoms with Gasteiger partial charge in [-0.15, -0.1) is 0 Å². The number of carbonyl (C=O) groups is 2. The summed E-state index contributed by atoms with van der Waals surface area (Å²) in [5.74, 6) is -0.264. The van der Waals surface area contributed by atoms with Crippen molar-refractivity contribution in [2.24, 2.45) is 0 Å². The van der Waals surface area contributed by atoms with E-state index in [4.69, 9.17) is 4.74 Å². The van der Waals surface area contributed by atoms with Crippen LogP contribution in [0, 0.1) is 6.92 Å². The fourth-order valence-corrected chi connectivity index (χ4v) is 3.61. The summed E-state index contributed by atoms with van der Waals surface area (Å²) in [4.78, 5) is 31.3. The molecule has 9 heteroatoms. The summed E-state index contributed by atoms with van der Waals surface area (Å²) in [6.45, 7) is 6.39. The lowest BCUT2D eigenvalue weighted by Gasteiger charge is -2.32. The standard InChI is InChI=1S/C21H26N6O3/c1-3-25-14-22-17-12-16(4-5-18(17)25)23-21(29)19-13-26(10-11-30-19)20(28)7-9-27-8-6-15(2)24-27/h4-6,8,12,14,19H,3,7,9-11,13H2,1-2H3,(H,23,29). The van der Waals surface area contributed by atoms with Crippen LogP contribution in [0.15, 0.2) is 36.8 Å². The van der Waals surface area contributed by atoms with Gasteiger partial charge >= 0.3 is 0 Å². The lowest BCUT2D eigenvalue weighted by Crippen LogP contribution is -2.50. The third-order valence-corrected chi connectivity index (χ3v) is 5.27. The second kappa shape index (κ2) is 8.66. The molecule has 0 radical (unpaired) electrons. The number of aromatic nitrogens is 4. The highest BCUT2D eigenvalue weighted by Crippen LogP contribution is 2.19. The van der Waals surface area contributed by atoms with Crippen molar-refractivity contribution >= 4 is 28.5 Å². The molecule has 1 fully saturated rings. The Morgan fingerprint density at radius 3 is 2.93 bits per heavy atom. The number of fused-ring (bicyclic) bond motifs is 1. The summed E-state index contributed by atoms with van der Waals surface area (Å²) in [5, 5.41) is 7.18. The van der Waals surface area contributed by atoms with Crippen LogP contribution in [-0.4, -0.2) is 61.8 Å². The Morgan fingerprint density at radius 2 is 2.17 bits per heavy atom. The smallest absolute Gasteiger partial charge is 0.255 e.